The van der Waals surface area contributed by atoms with Crippen LogP contribution < -0.4 is 5.32 Å². The summed E-state index contributed by atoms with van der Waals surface area (Å²) in [5.41, 5.74) is 3.58. The molecule has 1 aromatic heterocycles. The van der Waals surface area contributed by atoms with Crippen molar-refractivity contribution in [2.75, 3.05) is 31.5 Å². The van der Waals surface area contributed by atoms with E-state index in [1.165, 1.54) is 6.33 Å². The zero-order valence-electron chi connectivity index (χ0n) is 15.3. The molecule has 0 saturated carbocycles. The maximum absolute atomic E-state index is 12.7. The Morgan fingerprint density at radius 1 is 0.923 bits per heavy atom. The molecule has 1 aliphatic rings. The standard InChI is InChI=1S/C19H23N5O2/c1-13-8-14(2)10-16(9-13)22-18-11-17(20-12-21-18)19(26)24-6-4-23(5-7-24)15(3)25/h8-12H,4-7H2,1-3H3,(H,20,21,22). The average molecular weight is 353 g/mol. The van der Waals surface area contributed by atoms with Crippen molar-refractivity contribution in [2.45, 2.75) is 20.8 Å². The third kappa shape index (κ3) is 4.17. The van der Waals surface area contributed by atoms with Gasteiger partial charge in [-0.05, 0) is 37.1 Å². The summed E-state index contributed by atoms with van der Waals surface area (Å²) in [6.45, 7) is 7.76. The molecule has 0 bridgehead atoms. The van der Waals surface area contributed by atoms with Crippen LogP contribution in [0.4, 0.5) is 11.5 Å². The predicted molar refractivity (Wildman–Crippen MR) is 99.4 cm³/mol. The Labute approximate surface area is 153 Å². The summed E-state index contributed by atoms with van der Waals surface area (Å²) in [4.78, 5) is 35.9. The number of carbonyl (C=O) groups is 2. The Hall–Kier alpha value is -2.96. The van der Waals surface area contributed by atoms with Gasteiger partial charge < -0.3 is 15.1 Å². The highest BCUT2D eigenvalue weighted by Gasteiger charge is 2.24. The van der Waals surface area contributed by atoms with Crippen molar-refractivity contribution in [3.8, 4) is 0 Å². The van der Waals surface area contributed by atoms with Gasteiger partial charge in [-0.2, -0.15) is 0 Å². The van der Waals surface area contributed by atoms with Crippen LogP contribution in [0.3, 0.4) is 0 Å². The number of piperazine rings is 1. The van der Waals surface area contributed by atoms with Crippen molar-refractivity contribution in [3.05, 3.63) is 47.4 Å². The number of hydrogen-bond acceptors (Lipinski definition) is 5. The normalized spacial score (nSPS) is 14.3. The monoisotopic (exact) mass is 353 g/mol. The van der Waals surface area contributed by atoms with Crippen LogP contribution in [0.25, 0.3) is 0 Å². The first-order chi connectivity index (χ1) is 12.4. The summed E-state index contributed by atoms with van der Waals surface area (Å²) < 4.78 is 0. The van der Waals surface area contributed by atoms with Gasteiger partial charge in [0.25, 0.3) is 5.91 Å². The molecule has 1 aliphatic heterocycles. The highest BCUT2D eigenvalue weighted by Crippen LogP contribution is 2.19. The first kappa shape index (κ1) is 17.8. The molecule has 7 nitrogen and oxygen atoms in total. The molecule has 0 aliphatic carbocycles. The molecule has 1 N–H and O–H groups in total. The molecule has 2 amide bonds. The van der Waals surface area contributed by atoms with Crippen LogP contribution in [0.5, 0.6) is 0 Å². The van der Waals surface area contributed by atoms with Gasteiger partial charge in [0.15, 0.2) is 0 Å². The number of benzene rings is 1. The minimum absolute atomic E-state index is 0.0408. The summed E-state index contributed by atoms with van der Waals surface area (Å²) >= 11 is 0. The summed E-state index contributed by atoms with van der Waals surface area (Å²) in [7, 11) is 0. The zero-order valence-corrected chi connectivity index (χ0v) is 15.3. The summed E-state index contributed by atoms with van der Waals surface area (Å²) in [5.74, 6) is 0.480. The topological polar surface area (TPSA) is 78.4 Å². The Balaban J connectivity index is 1.71. The van der Waals surface area contributed by atoms with Crippen molar-refractivity contribution >= 4 is 23.3 Å². The molecule has 0 atom stereocenters. The maximum atomic E-state index is 12.7. The maximum Gasteiger partial charge on any atom is 0.272 e. The third-order valence-corrected chi connectivity index (χ3v) is 4.39. The highest BCUT2D eigenvalue weighted by atomic mass is 16.2. The van der Waals surface area contributed by atoms with Crippen LogP contribution >= 0.6 is 0 Å². The van der Waals surface area contributed by atoms with E-state index < -0.39 is 0 Å². The molecular weight excluding hydrogens is 330 g/mol. The van der Waals surface area contributed by atoms with E-state index in [-0.39, 0.29) is 11.8 Å². The number of nitrogens with zero attached hydrogens (tertiary/aromatic N) is 4. The second kappa shape index (κ2) is 7.51. The van der Waals surface area contributed by atoms with Crippen LogP contribution in [-0.2, 0) is 4.79 Å². The Bertz CT molecular complexity index is 808. The fraction of sp³-hybridized carbons (Fsp3) is 0.368. The third-order valence-electron chi connectivity index (χ3n) is 4.39. The van der Waals surface area contributed by atoms with Crippen molar-refractivity contribution in [1.82, 2.24) is 19.8 Å². The fourth-order valence-electron chi connectivity index (χ4n) is 3.12. The van der Waals surface area contributed by atoms with Crippen LogP contribution in [-0.4, -0.2) is 57.8 Å². The predicted octanol–water partition coefficient (Wildman–Crippen LogP) is 2.14. The van der Waals surface area contributed by atoms with Crippen molar-refractivity contribution in [2.24, 2.45) is 0 Å². The van der Waals surface area contributed by atoms with E-state index in [0.29, 0.717) is 37.7 Å². The quantitative estimate of drug-likeness (QED) is 0.915. The van der Waals surface area contributed by atoms with E-state index in [9.17, 15) is 9.59 Å². The fourth-order valence-corrected chi connectivity index (χ4v) is 3.12. The molecule has 7 heteroatoms. The molecule has 2 aromatic rings. The SMILES string of the molecule is CC(=O)N1CCN(C(=O)c2cc(Nc3cc(C)cc(C)c3)ncn2)CC1. The number of amides is 2. The van der Waals surface area contributed by atoms with Gasteiger partial charge in [-0.1, -0.05) is 6.07 Å². The van der Waals surface area contributed by atoms with Gasteiger partial charge in [-0.3, -0.25) is 9.59 Å². The second-order valence-corrected chi connectivity index (χ2v) is 6.59. The highest BCUT2D eigenvalue weighted by molar-refractivity contribution is 5.93. The van der Waals surface area contributed by atoms with E-state index in [4.69, 9.17) is 0 Å². The lowest BCUT2D eigenvalue weighted by Crippen LogP contribution is -2.50. The lowest BCUT2D eigenvalue weighted by Gasteiger charge is -2.34. The van der Waals surface area contributed by atoms with Gasteiger partial charge >= 0.3 is 0 Å². The lowest BCUT2D eigenvalue weighted by atomic mass is 10.1. The lowest BCUT2D eigenvalue weighted by molar-refractivity contribution is -0.130. The molecule has 3 rings (SSSR count). The minimum atomic E-state index is -0.140. The molecule has 2 heterocycles. The van der Waals surface area contributed by atoms with Crippen molar-refractivity contribution < 1.29 is 9.59 Å². The van der Waals surface area contributed by atoms with E-state index >= 15 is 0 Å². The summed E-state index contributed by atoms with van der Waals surface area (Å²) in [6.07, 6.45) is 1.39. The number of anilines is 2. The zero-order chi connectivity index (χ0) is 18.7. The number of nitrogens with one attached hydrogen (secondary N) is 1. The van der Waals surface area contributed by atoms with Crippen molar-refractivity contribution in [1.29, 1.82) is 0 Å². The number of aryl methyl sites for hydroxylation is 2. The summed E-state index contributed by atoms with van der Waals surface area (Å²) in [6, 6.07) is 7.81. The molecule has 0 unspecified atom stereocenters. The van der Waals surface area contributed by atoms with Gasteiger partial charge in [-0.25, -0.2) is 9.97 Å². The number of rotatable bonds is 3. The number of carbonyl (C=O) groups excluding carboxylic acids is 2. The van der Waals surface area contributed by atoms with Gasteiger partial charge in [-0.15, -0.1) is 0 Å². The average Bonchev–Trinajstić information content (AvgIpc) is 2.60. The van der Waals surface area contributed by atoms with E-state index in [2.05, 4.69) is 21.4 Å². The molecule has 26 heavy (non-hydrogen) atoms. The van der Waals surface area contributed by atoms with Crippen LogP contribution in [0.1, 0.15) is 28.5 Å². The Morgan fingerprint density at radius 2 is 1.54 bits per heavy atom. The van der Waals surface area contributed by atoms with E-state index in [1.807, 2.05) is 26.0 Å². The van der Waals surface area contributed by atoms with Crippen LogP contribution in [0.2, 0.25) is 0 Å². The van der Waals surface area contributed by atoms with Crippen LogP contribution in [0, 0.1) is 13.8 Å². The van der Waals surface area contributed by atoms with Gasteiger partial charge in [0.1, 0.15) is 17.8 Å². The molecule has 1 saturated heterocycles. The molecule has 1 aromatic carbocycles. The first-order valence-electron chi connectivity index (χ1n) is 8.64. The van der Waals surface area contributed by atoms with Crippen LogP contribution in [0.15, 0.2) is 30.6 Å². The molecule has 0 radical (unpaired) electrons. The molecule has 1 fully saturated rings. The van der Waals surface area contributed by atoms with E-state index in [1.54, 1.807) is 22.8 Å². The molecular formula is C19H23N5O2. The molecule has 136 valence electrons. The number of aromatic nitrogens is 2. The second-order valence-electron chi connectivity index (χ2n) is 6.59. The Kier molecular flexibility index (Phi) is 5.16. The first-order valence-corrected chi connectivity index (χ1v) is 8.64. The van der Waals surface area contributed by atoms with Gasteiger partial charge in [0, 0.05) is 44.9 Å². The van der Waals surface area contributed by atoms with Gasteiger partial charge in [0.2, 0.25) is 5.91 Å². The smallest absolute Gasteiger partial charge is 0.272 e. The molecule has 0 spiro atoms. The minimum Gasteiger partial charge on any atom is -0.340 e. The largest absolute Gasteiger partial charge is 0.340 e. The Morgan fingerprint density at radius 3 is 2.15 bits per heavy atom. The van der Waals surface area contributed by atoms with E-state index in [0.717, 1.165) is 16.8 Å². The summed E-state index contributed by atoms with van der Waals surface area (Å²) in [5, 5.41) is 3.23. The van der Waals surface area contributed by atoms with Crippen molar-refractivity contribution in [3.63, 3.8) is 0 Å². The number of hydrogen-bond donors (Lipinski definition) is 1. The van der Waals surface area contributed by atoms with Gasteiger partial charge in [0.05, 0.1) is 0 Å².